The summed E-state index contributed by atoms with van der Waals surface area (Å²) in [6, 6.07) is 24.3. The third-order valence-corrected chi connectivity index (χ3v) is 5.86. The lowest BCUT2D eigenvalue weighted by Gasteiger charge is -2.30. The molecule has 3 aromatic rings. The molecule has 0 atom stereocenters. The van der Waals surface area contributed by atoms with Crippen LogP contribution in [0.4, 0.5) is 11.4 Å². The molecule has 0 unspecified atom stereocenters. The fraction of sp³-hybridized carbons (Fsp3) is 0.333. The Hall–Kier alpha value is -3.84. The zero-order chi connectivity index (χ0) is 27.0. The van der Waals surface area contributed by atoms with E-state index in [4.69, 9.17) is 11.7 Å². The van der Waals surface area contributed by atoms with Crippen LogP contribution < -0.4 is 27.3 Å². The first kappa shape index (κ1) is 27.7. The lowest BCUT2D eigenvalue weighted by molar-refractivity contribution is -0.117. The Kier molecular flexibility index (Phi) is 9.31. The van der Waals surface area contributed by atoms with Crippen molar-refractivity contribution in [1.29, 1.82) is 0 Å². The Morgan fingerprint density at radius 1 is 1.00 bits per heavy atom. The second-order valence-corrected chi connectivity index (χ2v) is 10.9. The minimum Gasteiger partial charge on any atom is -0.365 e. The summed E-state index contributed by atoms with van der Waals surface area (Å²) in [4.78, 5) is 15.4. The van der Waals surface area contributed by atoms with Crippen LogP contribution in [0.1, 0.15) is 52.2 Å². The number of hydrogen-bond acceptors (Lipinski definition) is 5. The van der Waals surface area contributed by atoms with Gasteiger partial charge in [-0.25, -0.2) is 5.84 Å². The number of nitrogens with zero attached hydrogens (tertiary/aromatic N) is 2. The maximum absolute atomic E-state index is 13.1. The van der Waals surface area contributed by atoms with Gasteiger partial charge in [-0.05, 0) is 40.2 Å². The first-order chi connectivity index (χ1) is 17.6. The van der Waals surface area contributed by atoms with Crippen LogP contribution in [0.3, 0.4) is 0 Å². The van der Waals surface area contributed by atoms with Crippen LogP contribution in [-0.4, -0.2) is 18.3 Å². The Labute approximate surface area is 220 Å². The fourth-order valence-corrected chi connectivity index (χ4v) is 4.37. The van der Waals surface area contributed by atoms with Crippen molar-refractivity contribution in [3.8, 4) is 11.1 Å². The maximum Gasteiger partial charge on any atom is 0.224 e. The van der Waals surface area contributed by atoms with Crippen LogP contribution in [0.2, 0.25) is 0 Å². The van der Waals surface area contributed by atoms with Gasteiger partial charge in [-0.2, -0.15) is 5.10 Å². The van der Waals surface area contributed by atoms with Gasteiger partial charge in [-0.3, -0.25) is 4.79 Å². The van der Waals surface area contributed by atoms with Gasteiger partial charge < -0.3 is 21.5 Å². The average molecular weight is 501 g/mol. The summed E-state index contributed by atoms with van der Waals surface area (Å²) >= 11 is 0. The number of benzene rings is 3. The molecule has 0 saturated heterocycles. The van der Waals surface area contributed by atoms with Crippen LogP contribution in [-0.2, 0) is 11.3 Å². The number of hydrazone groups is 1. The highest BCUT2D eigenvalue weighted by atomic mass is 16.1. The molecule has 0 spiro atoms. The van der Waals surface area contributed by atoms with Crippen molar-refractivity contribution in [3.05, 3.63) is 83.9 Å². The van der Waals surface area contributed by atoms with Gasteiger partial charge in [-0.1, -0.05) is 95.3 Å². The van der Waals surface area contributed by atoms with Crippen molar-refractivity contribution in [2.75, 3.05) is 16.8 Å². The van der Waals surface area contributed by atoms with E-state index in [1.165, 1.54) is 5.56 Å². The number of amides is 1. The van der Waals surface area contributed by atoms with Gasteiger partial charge in [0.1, 0.15) is 0 Å². The monoisotopic (exact) mass is 500 g/mol. The van der Waals surface area contributed by atoms with E-state index in [1.807, 2.05) is 36.4 Å². The van der Waals surface area contributed by atoms with E-state index in [2.05, 4.69) is 91.8 Å². The fourth-order valence-electron chi connectivity index (χ4n) is 4.37. The lowest BCUT2D eigenvalue weighted by atomic mass is 9.92. The minimum absolute atomic E-state index is 0.0174. The van der Waals surface area contributed by atoms with E-state index < -0.39 is 0 Å². The maximum atomic E-state index is 13.1. The third kappa shape index (κ3) is 7.82. The Morgan fingerprint density at radius 3 is 2.30 bits per heavy atom. The molecule has 0 bridgehead atoms. The Morgan fingerprint density at radius 2 is 1.68 bits per heavy atom. The van der Waals surface area contributed by atoms with Gasteiger partial charge in [0.15, 0.2) is 5.84 Å². The molecule has 1 amide bonds. The zero-order valence-electron chi connectivity index (χ0n) is 22.6. The number of carbonyl (C=O) groups is 1. The summed E-state index contributed by atoms with van der Waals surface area (Å²) < 4.78 is 0. The van der Waals surface area contributed by atoms with E-state index in [0.29, 0.717) is 18.2 Å². The van der Waals surface area contributed by atoms with Gasteiger partial charge >= 0.3 is 0 Å². The molecule has 0 fully saturated rings. The van der Waals surface area contributed by atoms with E-state index in [0.717, 1.165) is 41.2 Å². The molecule has 0 radical (unpaired) electrons. The number of anilines is 2. The number of nitrogens with two attached hydrogens (primary N) is 2. The van der Waals surface area contributed by atoms with Crippen LogP contribution in [0.15, 0.2) is 77.9 Å². The van der Waals surface area contributed by atoms with Crippen LogP contribution in [0.5, 0.6) is 0 Å². The SMILES string of the molecule is CC(C)CN(Cc1ccccc1)c1ccc(-c2ccccc2/C(=N/N)NN)cc1NC(=O)CC(C)(C)C. The van der Waals surface area contributed by atoms with E-state index in [9.17, 15) is 4.79 Å². The smallest absolute Gasteiger partial charge is 0.224 e. The highest BCUT2D eigenvalue weighted by Crippen LogP contribution is 2.35. The van der Waals surface area contributed by atoms with Crippen molar-refractivity contribution < 1.29 is 4.79 Å². The molecule has 0 saturated carbocycles. The summed E-state index contributed by atoms with van der Waals surface area (Å²) in [5.74, 6) is 12.1. The summed E-state index contributed by atoms with van der Waals surface area (Å²) in [7, 11) is 0. The predicted octanol–water partition coefficient (Wildman–Crippen LogP) is 5.47. The van der Waals surface area contributed by atoms with Gasteiger partial charge in [0, 0.05) is 25.1 Å². The zero-order valence-corrected chi connectivity index (χ0v) is 22.6. The number of carbonyl (C=O) groups excluding carboxylic acids is 1. The van der Waals surface area contributed by atoms with Gasteiger partial charge in [0.05, 0.1) is 11.4 Å². The normalized spacial score (nSPS) is 11.9. The first-order valence-electron chi connectivity index (χ1n) is 12.7. The van der Waals surface area contributed by atoms with Crippen molar-refractivity contribution in [1.82, 2.24) is 5.43 Å². The molecule has 0 heterocycles. The van der Waals surface area contributed by atoms with Gasteiger partial charge in [-0.15, -0.1) is 0 Å². The number of hydrogen-bond donors (Lipinski definition) is 4. The molecule has 3 aromatic carbocycles. The van der Waals surface area contributed by atoms with Crippen molar-refractivity contribution >= 4 is 23.1 Å². The Bertz CT molecular complexity index is 1210. The number of rotatable bonds is 9. The molecule has 0 aliphatic heterocycles. The Balaban J connectivity index is 2.12. The van der Waals surface area contributed by atoms with Crippen LogP contribution in [0.25, 0.3) is 11.1 Å². The summed E-state index contributed by atoms with van der Waals surface area (Å²) in [5.41, 5.74) is 8.00. The molecule has 3 rings (SSSR count). The molecule has 6 N–H and O–H groups in total. The van der Waals surface area contributed by atoms with E-state index in [-0.39, 0.29) is 11.3 Å². The number of amidine groups is 1. The summed E-state index contributed by atoms with van der Waals surface area (Å²) in [6.07, 6.45) is 0.414. The molecule has 0 aliphatic rings. The minimum atomic E-state index is -0.130. The van der Waals surface area contributed by atoms with Gasteiger partial charge in [0.25, 0.3) is 0 Å². The molecular weight excluding hydrogens is 460 g/mol. The second kappa shape index (κ2) is 12.4. The van der Waals surface area contributed by atoms with Crippen LogP contribution in [0, 0.1) is 11.3 Å². The molecule has 196 valence electrons. The molecule has 7 heteroatoms. The molecule has 0 aliphatic carbocycles. The van der Waals surface area contributed by atoms with Crippen LogP contribution >= 0.6 is 0 Å². The second-order valence-electron chi connectivity index (χ2n) is 10.9. The van der Waals surface area contributed by atoms with E-state index >= 15 is 0 Å². The molecule has 37 heavy (non-hydrogen) atoms. The van der Waals surface area contributed by atoms with Crippen molar-refractivity contribution in [3.63, 3.8) is 0 Å². The molecular formula is C30H40N6O. The highest BCUT2D eigenvalue weighted by Gasteiger charge is 2.21. The quantitative estimate of drug-likeness (QED) is 0.135. The highest BCUT2D eigenvalue weighted by molar-refractivity contribution is 6.04. The molecule has 0 aromatic heterocycles. The van der Waals surface area contributed by atoms with Crippen molar-refractivity contribution in [2.24, 2.45) is 28.1 Å². The summed E-state index contributed by atoms with van der Waals surface area (Å²) in [5, 5.41) is 7.02. The van der Waals surface area contributed by atoms with Crippen molar-refractivity contribution in [2.45, 2.75) is 47.6 Å². The average Bonchev–Trinajstić information content (AvgIpc) is 2.84. The number of nitrogens with one attached hydrogen (secondary N) is 2. The largest absolute Gasteiger partial charge is 0.365 e. The van der Waals surface area contributed by atoms with Gasteiger partial charge in [0.2, 0.25) is 5.91 Å². The predicted molar refractivity (Wildman–Crippen MR) is 155 cm³/mol. The topological polar surface area (TPSA) is 109 Å². The number of hydrazine groups is 1. The van der Waals surface area contributed by atoms with E-state index in [1.54, 1.807) is 0 Å². The first-order valence-corrected chi connectivity index (χ1v) is 12.7. The molecule has 7 nitrogen and oxygen atoms in total. The lowest BCUT2D eigenvalue weighted by Crippen LogP contribution is -2.32. The standard InChI is InChI=1S/C30H40N6O/c1-21(2)19-36(20-22-11-7-6-8-12-22)27-16-15-23(17-26(27)33-28(37)18-30(3,4)5)24-13-9-10-14-25(24)29(34-31)35-32/h6-17,21H,18-20,31-32H2,1-5H3,(H,33,37)(H,34,35). The third-order valence-electron chi connectivity index (χ3n) is 5.86. The summed E-state index contributed by atoms with van der Waals surface area (Å²) in [6.45, 7) is 12.2.